The third kappa shape index (κ3) is 4.63. The largest absolute Gasteiger partial charge is 0.431 e. The zero-order valence-electron chi connectivity index (χ0n) is 15.3. The van der Waals surface area contributed by atoms with E-state index in [1.165, 1.54) is 0 Å². The average Bonchev–Trinajstić information content (AvgIpc) is 3.11. The molecule has 0 atom stereocenters. The van der Waals surface area contributed by atoms with Crippen molar-refractivity contribution in [2.45, 2.75) is 19.4 Å². The van der Waals surface area contributed by atoms with Crippen LogP contribution >= 0.6 is 11.6 Å². The summed E-state index contributed by atoms with van der Waals surface area (Å²) in [6, 6.07) is 8.74. The van der Waals surface area contributed by atoms with E-state index in [1.54, 1.807) is 36.0 Å². The van der Waals surface area contributed by atoms with E-state index >= 15 is 0 Å². The molecule has 1 amide bonds. The molecule has 7 heteroatoms. The van der Waals surface area contributed by atoms with Crippen LogP contribution in [-0.2, 0) is 24.8 Å². The summed E-state index contributed by atoms with van der Waals surface area (Å²) in [4.78, 5) is 25.0. The van der Waals surface area contributed by atoms with Crippen LogP contribution in [0.1, 0.15) is 23.3 Å². The van der Waals surface area contributed by atoms with Gasteiger partial charge in [-0.3, -0.25) is 9.59 Å². The number of nitrogens with one attached hydrogen (secondary N) is 1. The van der Waals surface area contributed by atoms with Crippen LogP contribution < -0.4 is 10.7 Å². The smallest absolute Gasteiger partial charge is 0.224 e. The van der Waals surface area contributed by atoms with Crippen molar-refractivity contribution in [3.8, 4) is 11.8 Å². The first-order valence-corrected chi connectivity index (χ1v) is 9.08. The van der Waals surface area contributed by atoms with E-state index in [4.69, 9.17) is 21.1 Å². The van der Waals surface area contributed by atoms with Crippen LogP contribution in [0.3, 0.4) is 0 Å². The summed E-state index contributed by atoms with van der Waals surface area (Å²) in [6.45, 7) is 0.317. The lowest BCUT2D eigenvalue weighted by molar-refractivity contribution is -0.120. The summed E-state index contributed by atoms with van der Waals surface area (Å²) < 4.78 is 7.26. The van der Waals surface area contributed by atoms with E-state index in [9.17, 15) is 9.59 Å². The molecule has 3 rings (SSSR count). The quantitative estimate of drug-likeness (QED) is 0.646. The Bertz CT molecular complexity index is 1120. The molecule has 1 aromatic carbocycles. The van der Waals surface area contributed by atoms with Crippen molar-refractivity contribution in [2.24, 2.45) is 7.05 Å². The summed E-state index contributed by atoms with van der Waals surface area (Å²) in [5.41, 5.74) is 1.43. The molecule has 0 bridgehead atoms. The van der Waals surface area contributed by atoms with Crippen LogP contribution in [0.15, 0.2) is 45.7 Å². The van der Waals surface area contributed by atoms with Crippen molar-refractivity contribution in [2.75, 3.05) is 6.61 Å². The Balaban J connectivity index is 1.76. The number of carbonyl (C=O) groups is 1. The fourth-order valence-electron chi connectivity index (χ4n) is 2.76. The lowest BCUT2D eigenvalue weighted by atomic mass is 10.1. The number of carbonyl (C=O) groups excluding carboxylic acids is 1. The molecule has 0 saturated heterocycles. The molecule has 0 spiro atoms. The van der Waals surface area contributed by atoms with Gasteiger partial charge in [0.15, 0.2) is 11.2 Å². The molecule has 0 unspecified atom stereocenters. The summed E-state index contributed by atoms with van der Waals surface area (Å²) in [5, 5.41) is 12.6. The lowest BCUT2D eigenvalue weighted by Crippen LogP contribution is -2.27. The van der Waals surface area contributed by atoms with Crippen LogP contribution in [0, 0.1) is 11.8 Å². The van der Waals surface area contributed by atoms with Crippen LogP contribution in [0.2, 0.25) is 5.02 Å². The van der Waals surface area contributed by atoms with Crippen molar-refractivity contribution in [1.29, 1.82) is 0 Å². The van der Waals surface area contributed by atoms with E-state index < -0.39 is 0 Å². The second kappa shape index (κ2) is 8.79. The topological polar surface area (TPSA) is 84.5 Å². The molecule has 0 aliphatic carbocycles. The Morgan fingerprint density at radius 2 is 2.07 bits per heavy atom. The van der Waals surface area contributed by atoms with Gasteiger partial charge >= 0.3 is 0 Å². The number of furan rings is 1. The Labute approximate surface area is 166 Å². The van der Waals surface area contributed by atoms with E-state index in [2.05, 4.69) is 17.2 Å². The fourth-order valence-corrected chi connectivity index (χ4v) is 2.89. The molecule has 2 heterocycles. The maximum Gasteiger partial charge on any atom is 0.224 e. The van der Waals surface area contributed by atoms with E-state index in [0.29, 0.717) is 40.4 Å². The highest BCUT2D eigenvalue weighted by Gasteiger charge is 2.15. The van der Waals surface area contributed by atoms with Crippen LogP contribution in [-0.4, -0.2) is 22.2 Å². The first kappa shape index (κ1) is 19.7. The predicted molar refractivity (Wildman–Crippen MR) is 107 cm³/mol. The normalized spacial score (nSPS) is 10.5. The van der Waals surface area contributed by atoms with Crippen molar-refractivity contribution in [3.63, 3.8) is 0 Å². The second-order valence-electron chi connectivity index (χ2n) is 6.28. The monoisotopic (exact) mass is 398 g/mol. The number of aryl methyl sites for hydroxylation is 1. The Hall–Kier alpha value is -3.01. The Kier molecular flexibility index (Phi) is 6.19. The van der Waals surface area contributed by atoms with Gasteiger partial charge in [0.1, 0.15) is 0 Å². The van der Waals surface area contributed by atoms with Gasteiger partial charge in [0.25, 0.3) is 0 Å². The molecule has 3 aromatic rings. The van der Waals surface area contributed by atoms with E-state index in [-0.39, 0.29) is 24.4 Å². The van der Waals surface area contributed by atoms with Gasteiger partial charge in [-0.2, -0.15) is 0 Å². The molecule has 6 nitrogen and oxygen atoms in total. The minimum absolute atomic E-state index is 0.0348. The van der Waals surface area contributed by atoms with Gasteiger partial charge in [-0.15, -0.1) is 0 Å². The number of amides is 1. The van der Waals surface area contributed by atoms with Gasteiger partial charge in [0.05, 0.1) is 18.4 Å². The minimum atomic E-state index is -0.256. The molecule has 0 saturated carbocycles. The number of pyridine rings is 1. The second-order valence-corrected chi connectivity index (χ2v) is 6.72. The summed E-state index contributed by atoms with van der Waals surface area (Å²) in [7, 11) is 1.74. The van der Waals surface area contributed by atoms with Gasteiger partial charge in [-0.25, -0.2) is 0 Å². The third-order valence-corrected chi connectivity index (χ3v) is 4.37. The number of hydrogen-bond acceptors (Lipinski definition) is 4. The number of aliphatic hydroxyl groups is 1. The summed E-state index contributed by atoms with van der Waals surface area (Å²) >= 11 is 5.85. The van der Waals surface area contributed by atoms with Crippen LogP contribution in [0.4, 0.5) is 0 Å². The number of aliphatic hydroxyl groups excluding tert-OH is 1. The standard InChI is InChI=1S/C21H19ClN2O4/c1-24-13-15(10-19(26)23-12-14-5-7-16(22)8-6-14)20(27)18-11-17(28-21(18)24)4-2-3-9-25/h5-8,11,13,25H,3,9-10,12H2,1H3,(H,23,26). The van der Waals surface area contributed by atoms with Crippen molar-refractivity contribution < 1.29 is 14.3 Å². The Morgan fingerprint density at radius 3 is 2.79 bits per heavy atom. The average molecular weight is 399 g/mol. The van der Waals surface area contributed by atoms with E-state index in [0.717, 1.165) is 5.56 Å². The number of nitrogens with zero attached hydrogens (tertiary/aromatic N) is 1. The van der Waals surface area contributed by atoms with Gasteiger partial charge in [-0.1, -0.05) is 29.7 Å². The SMILES string of the molecule is Cn1cc(CC(=O)NCc2ccc(Cl)cc2)c(=O)c2cc(C#CCCO)oc21. The van der Waals surface area contributed by atoms with E-state index in [1.807, 2.05) is 12.1 Å². The number of aromatic nitrogens is 1. The number of halogens is 1. The first-order chi connectivity index (χ1) is 13.5. The predicted octanol–water partition coefficient (Wildman–Crippen LogP) is 2.38. The first-order valence-electron chi connectivity index (χ1n) is 8.71. The van der Waals surface area contributed by atoms with Gasteiger partial charge in [-0.05, 0) is 23.6 Å². The van der Waals surface area contributed by atoms with Crippen molar-refractivity contribution in [3.05, 3.63) is 68.7 Å². The third-order valence-electron chi connectivity index (χ3n) is 4.12. The number of rotatable bonds is 5. The number of hydrogen-bond donors (Lipinski definition) is 2. The molecule has 28 heavy (non-hydrogen) atoms. The Morgan fingerprint density at radius 1 is 1.32 bits per heavy atom. The molecule has 0 aliphatic heterocycles. The van der Waals surface area contributed by atoms with Crippen LogP contribution in [0.25, 0.3) is 11.1 Å². The molecule has 144 valence electrons. The molecule has 0 aliphatic rings. The maximum absolute atomic E-state index is 12.7. The van der Waals surface area contributed by atoms with Crippen molar-refractivity contribution >= 4 is 28.6 Å². The molecule has 2 N–H and O–H groups in total. The molecule has 0 radical (unpaired) electrons. The van der Waals surface area contributed by atoms with Crippen molar-refractivity contribution in [1.82, 2.24) is 9.88 Å². The van der Waals surface area contributed by atoms with Gasteiger partial charge < -0.3 is 19.4 Å². The highest BCUT2D eigenvalue weighted by molar-refractivity contribution is 6.30. The number of benzene rings is 1. The zero-order chi connectivity index (χ0) is 20.1. The van der Waals surface area contributed by atoms with Gasteiger partial charge in [0, 0.05) is 42.9 Å². The fraction of sp³-hybridized carbons (Fsp3) is 0.238. The summed E-state index contributed by atoms with van der Waals surface area (Å²) in [6.07, 6.45) is 1.89. The number of fused-ring (bicyclic) bond motifs is 1. The molecular formula is C21H19ClN2O4. The maximum atomic E-state index is 12.7. The molecule has 2 aromatic heterocycles. The molecular weight excluding hydrogens is 380 g/mol. The summed E-state index contributed by atoms with van der Waals surface area (Å²) in [5.74, 6) is 5.63. The minimum Gasteiger partial charge on any atom is -0.431 e. The lowest BCUT2D eigenvalue weighted by Gasteiger charge is -2.07. The zero-order valence-corrected chi connectivity index (χ0v) is 16.0. The highest BCUT2D eigenvalue weighted by atomic mass is 35.5. The highest BCUT2D eigenvalue weighted by Crippen LogP contribution is 2.16. The van der Waals surface area contributed by atoms with Crippen LogP contribution in [0.5, 0.6) is 0 Å². The van der Waals surface area contributed by atoms with Gasteiger partial charge in [0.2, 0.25) is 11.6 Å². The molecule has 0 fully saturated rings.